The zero-order chi connectivity index (χ0) is 13.7. The van der Waals surface area contributed by atoms with E-state index in [1.165, 1.54) is 0 Å². The Hall–Kier alpha value is -2.07. The van der Waals surface area contributed by atoms with Gasteiger partial charge in [0.25, 0.3) is 0 Å². The number of aliphatic hydroxyl groups excluding tert-OH is 1. The molecule has 100 valence electrons. The van der Waals surface area contributed by atoms with Crippen LogP contribution in [0.1, 0.15) is 11.1 Å². The second-order valence-corrected chi connectivity index (χ2v) is 4.50. The smallest absolute Gasteiger partial charge is 0.123 e. The minimum Gasteiger partial charge on any atom is -0.497 e. The molecule has 0 aliphatic carbocycles. The molecular weight excluding hydrogens is 240 g/mol. The first-order chi connectivity index (χ1) is 9.17. The van der Waals surface area contributed by atoms with E-state index >= 15 is 0 Å². The maximum absolute atomic E-state index is 10.1. The van der Waals surface area contributed by atoms with Crippen LogP contribution in [0.4, 0.5) is 5.82 Å². The summed E-state index contributed by atoms with van der Waals surface area (Å²) in [5.74, 6) is 1.28. The van der Waals surface area contributed by atoms with Gasteiger partial charge in [-0.3, -0.25) is 0 Å². The zero-order valence-electron chi connectivity index (χ0n) is 10.9. The minimum absolute atomic E-state index is 0.450. The molecule has 0 spiro atoms. The molecule has 4 nitrogen and oxygen atoms in total. The highest BCUT2D eigenvalue weighted by Gasteiger charge is 2.08. The normalized spacial score (nSPS) is 12.1. The number of hydrogen-bond acceptors (Lipinski definition) is 4. The summed E-state index contributed by atoms with van der Waals surface area (Å²) in [6, 6.07) is 11.4. The number of pyridine rings is 1. The average molecular weight is 258 g/mol. The largest absolute Gasteiger partial charge is 0.497 e. The number of ether oxygens (including phenoxy) is 1. The van der Waals surface area contributed by atoms with Crippen LogP contribution >= 0.6 is 0 Å². The summed E-state index contributed by atoms with van der Waals surface area (Å²) in [6.07, 6.45) is 2.35. The molecule has 0 bridgehead atoms. The Morgan fingerprint density at radius 2 is 1.95 bits per heavy atom. The Kier molecular flexibility index (Phi) is 4.36. The van der Waals surface area contributed by atoms with E-state index in [1.807, 2.05) is 30.3 Å². The lowest BCUT2D eigenvalue weighted by Crippen LogP contribution is -2.14. The predicted octanol–water partition coefficient (Wildman–Crippen LogP) is 1.82. The molecule has 0 amide bonds. The Bertz CT molecular complexity index is 543. The molecule has 1 aromatic carbocycles. The van der Waals surface area contributed by atoms with Crippen molar-refractivity contribution >= 4 is 5.82 Å². The van der Waals surface area contributed by atoms with Gasteiger partial charge in [0.1, 0.15) is 11.6 Å². The Labute approximate surface area is 112 Å². The van der Waals surface area contributed by atoms with Gasteiger partial charge in [0.2, 0.25) is 0 Å². The molecule has 0 saturated heterocycles. The van der Waals surface area contributed by atoms with Crippen molar-refractivity contribution in [3.63, 3.8) is 0 Å². The number of methoxy groups -OCH3 is 1. The van der Waals surface area contributed by atoms with Gasteiger partial charge in [0.15, 0.2) is 0 Å². The lowest BCUT2D eigenvalue weighted by atomic mass is 10.0. The van der Waals surface area contributed by atoms with Crippen LogP contribution in [0.2, 0.25) is 0 Å². The average Bonchev–Trinajstić information content (AvgIpc) is 2.38. The third-order valence-corrected chi connectivity index (χ3v) is 2.92. The fourth-order valence-corrected chi connectivity index (χ4v) is 2.04. The molecular formula is C15H18N2O2. The summed E-state index contributed by atoms with van der Waals surface area (Å²) >= 11 is 0. The fourth-order valence-electron chi connectivity index (χ4n) is 2.04. The summed E-state index contributed by atoms with van der Waals surface area (Å²) in [7, 11) is 1.63. The third kappa shape index (κ3) is 3.96. The zero-order valence-corrected chi connectivity index (χ0v) is 10.9. The Morgan fingerprint density at radius 3 is 2.63 bits per heavy atom. The molecule has 19 heavy (non-hydrogen) atoms. The molecule has 4 heteroatoms. The van der Waals surface area contributed by atoms with Gasteiger partial charge in [-0.2, -0.15) is 0 Å². The molecule has 0 radical (unpaired) electrons. The van der Waals surface area contributed by atoms with Crippen molar-refractivity contribution in [3.8, 4) is 5.75 Å². The number of aromatic nitrogens is 1. The highest BCUT2D eigenvalue weighted by atomic mass is 16.5. The molecule has 0 saturated carbocycles. The minimum atomic E-state index is -0.450. The summed E-state index contributed by atoms with van der Waals surface area (Å²) in [4.78, 5) is 3.93. The molecule has 1 heterocycles. The Morgan fingerprint density at radius 1 is 1.21 bits per heavy atom. The fraction of sp³-hybridized carbons (Fsp3) is 0.267. The van der Waals surface area contributed by atoms with Crippen LogP contribution in [-0.2, 0) is 12.8 Å². The van der Waals surface area contributed by atoms with Gasteiger partial charge in [-0.1, -0.05) is 12.1 Å². The van der Waals surface area contributed by atoms with Gasteiger partial charge in [-0.05, 0) is 48.2 Å². The van der Waals surface area contributed by atoms with E-state index < -0.39 is 6.10 Å². The lowest BCUT2D eigenvalue weighted by Gasteiger charge is -2.11. The number of rotatable bonds is 5. The van der Waals surface area contributed by atoms with Gasteiger partial charge in [0.05, 0.1) is 13.2 Å². The van der Waals surface area contributed by atoms with Crippen LogP contribution in [0.3, 0.4) is 0 Å². The molecule has 1 unspecified atom stereocenters. The SMILES string of the molecule is COc1cccc(CC(O)Cc2ccnc(N)c2)c1. The molecule has 2 aromatic rings. The van der Waals surface area contributed by atoms with Crippen LogP contribution in [0.15, 0.2) is 42.6 Å². The van der Waals surface area contributed by atoms with E-state index in [-0.39, 0.29) is 0 Å². The number of nitrogens with zero attached hydrogens (tertiary/aromatic N) is 1. The van der Waals surface area contributed by atoms with Crippen molar-refractivity contribution in [1.82, 2.24) is 4.98 Å². The molecule has 0 aliphatic heterocycles. The number of anilines is 1. The van der Waals surface area contributed by atoms with Crippen LogP contribution in [0.25, 0.3) is 0 Å². The molecule has 0 aliphatic rings. The van der Waals surface area contributed by atoms with Crippen molar-refractivity contribution in [2.24, 2.45) is 0 Å². The highest BCUT2D eigenvalue weighted by Crippen LogP contribution is 2.15. The maximum Gasteiger partial charge on any atom is 0.123 e. The highest BCUT2D eigenvalue weighted by molar-refractivity contribution is 5.33. The van der Waals surface area contributed by atoms with Crippen molar-refractivity contribution in [3.05, 3.63) is 53.7 Å². The van der Waals surface area contributed by atoms with Gasteiger partial charge in [-0.15, -0.1) is 0 Å². The number of aliphatic hydroxyl groups is 1. The van der Waals surface area contributed by atoms with Crippen molar-refractivity contribution < 1.29 is 9.84 Å². The monoisotopic (exact) mass is 258 g/mol. The number of benzene rings is 1. The standard InChI is InChI=1S/C15H18N2O2/c1-19-14-4-2-3-11(9-14)7-13(18)8-12-5-6-17-15(16)10-12/h2-6,9-10,13,18H,7-8H2,1H3,(H2,16,17). The summed E-state index contributed by atoms with van der Waals surface area (Å²) < 4.78 is 5.16. The van der Waals surface area contributed by atoms with E-state index in [0.717, 1.165) is 16.9 Å². The first-order valence-corrected chi connectivity index (χ1v) is 6.19. The van der Waals surface area contributed by atoms with E-state index in [9.17, 15) is 5.11 Å². The van der Waals surface area contributed by atoms with Crippen LogP contribution < -0.4 is 10.5 Å². The maximum atomic E-state index is 10.1. The quantitative estimate of drug-likeness (QED) is 0.858. The van der Waals surface area contributed by atoms with Crippen LogP contribution in [-0.4, -0.2) is 23.3 Å². The molecule has 1 aromatic heterocycles. The third-order valence-electron chi connectivity index (χ3n) is 2.92. The van der Waals surface area contributed by atoms with E-state index in [4.69, 9.17) is 10.5 Å². The van der Waals surface area contributed by atoms with E-state index in [0.29, 0.717) is 18.7 Å². The summed E-state index contributed by atoms with van der Waals surface area (Å²) in [5.41, 5.74) is 7.65. The van der Waals surface area contributed by atoms with Gasteiger partial charge < -0.3 is 15.6 Å². The summed E-state index contributed by atoms with van der Waals surface area (Å²) in [5, 5.41) is 10.1. The van der Waals surface area contributed by atoms with Crippen molar-refractivity contribution in [1.29, 1.82) is 0 Å². The predicted molar refractivity (Wildman–Crippen MR) is 75.1 cm³/mol. The van der Waals surface area contributed by atoms with Crippen LogP contribution in [0.5, 0.6) is 5.75 Å². The van der Waals surface area contributed by atoms with Gasteiger partial charge in [0, 0.05) is 6.20 Å². The molecule has 3 N–H and O–H groups in total. The number of hydrogen-bond donors (Lipinski definition) is 2. The lowest BCUT2D eigenvalue weighted by molar-refractivity contribution is 0.175. The molecule has 1 atom stereocenters. The van der Waals surface area contributed by atoms with Gasteiger partial charge >= 0.3 is 0 Å². The van der Waals surface area contributed by atoms with Crippen LogP contribution in [0, 0.1) is 0 Å². The second-order valence-electron chi connectivity index (χ2n) is 4.50. The van der Waals surface area contributed by atoms with Crippen molar-refractivity contribution in [2.75, 3.05) is 12.8 Å². The van der Waals surface area contributed by atoms with Gasteiger partial charge in [-0.25, -0.2) is 4.98 Å². The van der Waals surface area contributed by atoms with Crippen molar-refractivity contribution in [2.45, 2.75) is 18.9 Å². The molecule has 0 fully saturated rings. The van der Waals surface area contributed by atoms with E-state index in [2.05, 4.69) is 4.98 Å². The number of nitrogens with two attached hydrogens (primary N) is 1. The summed E-state index contributed by atoms with van der Waals surface area (Å²) in [6.45, 7) is 0. The van der Waals surface area contributed by atoms with E-state index in [1.54, 1.807) is 19.4 Å². The first-order valence-electron chi connectivity index (χ1n) is 6.19. The number of nitrogen functional groups attached to an aromatic ring is 1. The molecule has 2 rings (SSSR count). The topological polar surface area (TPSA) is 68.4 Å². The second kappa shape index (κ2) is 6.20. The Balaban J connectivity index is 1.98. The first kappa shape index (κ1) is 13.4.